The second-order valence-electron chi connectivity index (χ2n) is 6.93. The molecule has 0 saturated carbocycles. The Morgan fingerprint density at radius 3 is 2.31 bits per heavy atom. The van der Waals surface area contributed by atoms with Gasteiger partial charge >= 0.3 is 0 Å². The van der Waals surface area contributed by atoms with Gasteiger partial charge in [0.15, 0.2) is 11.5 Å². The minimum absolute atomic E-state index is 0.0495. The van der Waals surface area contributed by atoms with Gasteiger partial charge in [0.05, 0.1) is 13.2 Å². The normalized spacial score (nSPS) is 14.9. The molecule has 29 heavy (non-hydrogen) atoms. The summed E-state index contributed by atoms with van der Waals surface area (Å²) in [5, 5.41) is 0. The van der Waals surface area contributed by atoms with E-state index in [0.717, 1.165) is 32.7 Å². The van der Waals surface area contributed by atoms with Crippen LogP contribution in [0.2, 0.25) is 0 Å². The Hall–Kier alpha value is -2.79. The van der Waals surface area contributed by atoms with Gasteiger partial charge < -0.3 is 14.4 Å². The topological polar surface area (TPSA) is 42.0 Å². The summed E-state index contributed by atoms with van der Waals surface area (Å²) in [5.74, 6) is 1.36. The lowest BCUT2D eigenvalue weighted by Gasteiger charge is -2.34. The SMILES string of the molecule is CCOc1ccc(C(=O)N2CCN(C/C=C/c3ccccc3)CC2)cc1OCC. The quantitative estimate of drug-likeness (QED) is 0.680. The average Bonchev–Trinajstić information content (AvgIpc) is 2.76. The first kappa shape index (κ1) is 20.9. The maximum absolute atomic E-state index is 12.9. The molecule has 2 aromatic carbocycles. The van der Waals surface area contributed by atoms with Crippen molar-refractivity contribution in [3.8, 4) is 11.5 Å². The average molecular weight is 395 g/mol. The Balaban J connectivity index is 1.54. The van der Waals surface area contributed by atoms with E-state index in [1.54, 1.807) is 6.07 Å². The van der Waals surface area contributed by atoms with E-state index in [-0.39, 0.29) is 5.91 Å². The highest BCUT2D eigenvalue weighted by Gasteiger charge is 2.22. The van der Waals surface area contributed by atoms with E-state index in [0.29, 0.717) is 30.3 Å². The Morgan fingerprint density at radius 1 is 0.931 bits per heavy atom. The first-order valence-corrected chi connectivity index (χ1v) is 10.3. The Bertz CT molecular complexity index is 812. The smallest absolute Gasteiger partial charge is 0.254 e. The number of amides is 1. The lowest BCUT2D eigenvalue weighted by molar-refractivity contribution is 0.0650. The standard InChI is InChI=1S/C24H30N2O3/c1-3-28-22-13-12-21(19-23(22)29-4-2)24(27)26-17-15-25(16-18-26)14-8-11-20-9-6-5-7-10-20/h5-13,19H,3-4,14-18H2,1-2H3/b11-8+. The van der Waals surface area contributed by atoms with Crippen LogP contribution in [0.25, 0.3) is 6.08 Å². The molecule has 154 valence electrons. The van der Waals surface area contributed by atoms with Crippen LogP contribution in [0, 0.1) is 0 Å². The van der Waals surface area contributed by atoms with Crippen molar-refractivity contribution in [1.29, 1.82) is 0 Å². The molecule has 1 aliphatic rings. The van der Waals surface area contributed by atoms with E-state index in [2.05, 4.69) is 29.2 Å². The summed E-state index contributed by atoms with van der Waals surface area (Å²) in [6, 6.07) is 15.8. The van der Waals surface area contributed by atoms with E-state index < -0.39 is 0 Å². The molecule has 3 rings (SSSR count). The molecule has 1 fully saturated rings. The molecule has 0 unspecified atom stereocenters. The Kier molecular flexibility index (Phi) is 7.70. The van der Waals surface area contributed by atoms with Crippen molar-refractivity contribution in [3.05, 3.63) is 65.7 Å². The van der Waals surface area contributed by atoms with Gasteiger partial charge in [0, 0.05) is 38.3 Å². The predicted molar refractivity (Wildman–Crippen MR) is 117 cm³/mol. The van der Waals surface area contributed by atoms with Crippen LogP contribution in [0.5, 0.6) is 11.5 Å². The third-order valence-electron chi connectivity index (χ3n) is 4.92. The van der Waals surface area contributed by atoms with E-state index >= 15 is 0 Å². The molecule has 1 amide bonds. The van der Waals surface area contributed by atoms with Crippen molar-refractivity contribution >= 4 is 12.0 Å². The van der Waals surface area contributed by atoms with E-state index in [1.165, 1.54) is 5.56 Å². The third kappa shape index (κ3) is 5.84. The number of hydrogen-bond acceptors (Lipinski definition) is 4. The van der Waals surface area contributed by atoms with Gasteiger partial charge in [-0.25, -0.2) is 0 Å². The van der Waals surface area contributed by atoms with Gasteiger partial charge in [-0.1, -0.05) is 42.5 Å². The second-order valence-corrected chi connectivity index (χ2v) is 6.93. The number of nitrogens with zero attached hydrogens (tertiary/aromatic N) is 2. The van der Waals surface area contributed by atoms with Gasteiger partial charge in [-0.05, 0) is 37.6 Å². The van der Waals surface area contributed by atoms with Crippen LogP contribution in [0.1, 0.15) is 29.8 Å². The first-order chi connectivity index (χ1) is 14.2. The molecule has 0 atom stereocenters. The predicted octanol–water partition coefficient (Wildman–Crippen LogP) is 3.96. The fourth-order valence-electron chi connectivity index (χ4n) is 3.40. The zero-order valence-corrected chi connectivity index (χ0v) is 17.3. The number of carbonyl (C=O) groups excluding carboxylic acids is 1. The van der Waals surface area contributed by atoms with E-state index in [4.69, 9.17) is 9.47 Å². The van der Waals surface area contributed by atoms with Crippen LogP contribution in [0.15, 0.2) is 54.6 Å². The van der Waals surface area contributed by atoms with Crippen LogP contribution in [-0.2, 0) is 0 Å². The van der Waals surface area contributed by atoms with Crippen LogP contribution < -0.4 is 9.47 Å². The molecular weight excluding hydrogens is 364 g/mol. The summed E-state index contributed by atoms with van der Waals surface area (Å²) < 4.78 is 11.2. The highest BCUT2D eigenvalue weighted by molar-refractivity contribution is 5.95. The highest BCUT2D eigenvalue weighted by atomic mass is 16.5. The fourth-order valence-corrected chi connectivity index (χ4v) is 3.40. The minimum atomic E-state index is 0.0495. The Labute approximate surface area is 173 Å². The van der Waals surface area contributed by atoms with Gasteiger partial charge in [0.25, 0.3) is 5.91 Å². The summed E-state index contributed by atoms with van der Waals surface area (Å²) >= 11 is 0. The third-order valence-corrected chi connectivity index (χ3v) is 4.92. The summed E-state index contributed by atoms with van der Waals surface area (Å²) in [6.07, 6.45) is 4.33. The van der Waals surface area contributed by atoms with Crippen molar-refractivity contribution < 1.29 is 14.3 Å². The van der Waals surface area contributed by atoms with Gasteiger partial charge in [-0.2, -0.15) is 0 Å². The maximum atomic E-state index is 12.9. The van der Waals surface area contributed by atoms with Gasteiger partial charge in [-0.15, -0.1) is 0 Å². The molecule has 0 bridgehead atoms. The molecule has 1 heterocycles. The van der Waals surface area contributed by atoms with E-state index in [1.807, 2.05) is 49.1 Å². The summed E-state index contributed by atoms with van der Waals surface area (Å²) in [4.78, 5) is 17.2. The number of hydrogen-bond donors (Lipinski definition) is 0. The Morgan fingerprint density at radius 2 is 1.62 bits per heavy atom. The molecule has 0 aliphatic carbocycles. The van der Waals surface area contributed by atoms with Gasteiger partial charge in [-0.3, -0.25) is 9.69 Å². The zero-order valence-electron chi connectivity index (χ0n) is 17.3. The minimum Gasteiger partial charge on any atom is -0.490 e. The lowest BCUT2D eigenvalue weighted by atomic mass is 10.1. The molecule has 0 N–H and O–H groups in total. The summed E-state index contributed by atoms with van der Waals surface area (Å²) in [7, 11) is 0. The van der Waals surface area contributed by atoms with Crippen LogP contribution in [0.4, 0.5) is 0 Å². The molecule has 0 aromatic heterocycles. The van der Waals surface area contributed by atoms with Crippen molar-refractivity contribution in [2.75, 3.05) is 45.9 Å². The number of piperazine rings is 1. The van der Waals surface area contributed by atoms with Crippen molar-refractivity contribution in [2.24, 2.45) is 0 Å². The van der Waals surface area contributed by atoms with Crippen molar-refractivity contribution in [3.63, 3.8) is 0 Å². The molecule has 1 saturated heterocycles. The zero-order chi connectivity index (χ0) is 20.5. The number of benzene rings is 2. The fraction of sp³-hybridized carbons (Fsp3) is 0.375. The number of rotatable bonds is 8. The maximum Gasteiger partial charge on any atom is 0.254 e. The van der Waals surface area contributed by atoms with Crippen molar-refractivity contribution in [2.45, 2.75) is 13.8 Å². The number of ether oxygens (including phenoxy) is 2. The highest BCUT2D eigenvalue weighted by Crippen LogP contribution is 2.29. The second kappa shape index (κ2) is 10.7. The van der Waals surface area contributed by atoms with Crippen molar-refractivity contribution in [1.82, 2.24) is 9.80 Å². The summed E-state index contributed by atoms with van der Waals surface area (Å²) in [5.41, 5.74) is 1.86. The summed E-state index contributed by atoms with van der Waals surface area (Å²) in [6.45, 7) is 9.07. The van der Waals surface area contributed by atoms with Crippen LogP contribution in [0.3, 0.4) is 0 Å². The largest absolute Gasteiger partial charge is 0.490 e. The van der Waals surface area contributed by atoms with E-state index in [9.17, 15) is 4.79 Å². The number of carbonyl (C=O) groups is 1. The molecular formula is C24H30N2O3. The van der Waals surface area contributed by atoms with Gasteiger partial charge in [0.1, 0.15) is 0 Å². The monoisotopic (exact) mass is 394 g/mol. The molecule has 2 aromatic rings. The molecule has 5 nitrogen and oxygen atoms in total. The molecule has 5 heteroatoms. The van der Waals surface area contributed by atoms with Gasteiger partial charge in [0.2, 0.25) is 0 Å². The lowest BCUT2D eigenvalue weighted by Crippen LogP contribution is -2.48. The molecule has 0 spiro atoms. The van der Waals surface area contributed by atoms with Crippen LogP contribution >= 0.6 is 0 Å². The first-order valence-electron chi connectivity index (χ1n) is 10.3. The van der Waals surface area contributed by atoms with Crippen LogP contribution in [-0.4, -0.2) is 61.6 Å². The molecule has 0 radical (unpaired) electrons. The molecule has 1 aliphatic heterocycles.